The van der Waals surface area contributed by atoms with Crippen molar-refractivity contribution in [2.75, 3.05) is 0 Å². The van der Waals surface area contributed by atoms with Crippen LogP contribution in [0.5, 0.6) is 17.2 Å². The minimum Gasteiger partial charge on any atom is -0.504 e. The first-order valence-corrected chi connectivity index (χ1v) is 9.68. The van der Waals surface area contributed by atoms with E-state index >= 15 is 0 Å². The van der Waals surface area contributed by atoms with Crippen molar-refractivity contribution < 1.29 is 28.9 Å². The number of rotatable bonds is 4. The number of para-hydroxylation sites is 1. The van der Waals surface area contributed by atoms with Crippen LogP contribution in [-0.4, -0.2) is 27.9 Å². The van der Waals surface area contributed by atoms with E-state index in [1.165, 1.54) is 12.1 Å². The fourth-order valence-electron chi connectivity index (χ4n) is 3.61. The van der Waals surface area contributed by atoms with Crippen molar-refractivity contribution in [1.82, 2.24) is 0 Å². The summed E-state index contributed by atoms with van der Waals surface area (Å²) in [7, 11) is 0. The largest absolute Gasteiger partial charge is 0.504 e. The zero-order valence-corrected chi connectivity index (χ0v) is 16.7. The van der Waals surface area contributed by atoms with Gasteiger partial charge in [0.15, 0.2) is 11.5 Å². The molecule has 2 N–H and O–H groups in total. The molecule has 1 aliphatic heterocycles. The molecule has 156 valence electrons. The third-order valence-corrected chi connectivity index (χ3v) is 5.33. The average molecular weight is 410 g/mol. The molecule has 0 unspecified atom stereocenters. The topological polar surface area (TPSA) is 106 Å². The molecule has 0 fully saturated rings. The number of benzene rings is 2. The average Bonchev–Trinajstić information content (AvgIpc) is 2.68. The zero-order valence-electron chi connectivity index (χ0n) is 16.7. The number of esters is 1. The Morgan fingerprint density at radius 1 is 1.20 bits per heavy atom. The van der Waals surface area contributed by atoms with Crippen LogP contribution in [0.2, 0.25) is 0 Å². The summed E-state index contributed by atoms with van der Waals surface area (Å²) in [6.07, 6.45) is 0.246. The molecular formula is C23H22O7. The van der Waals surface area contributed by atoms with Crippen molar-refractivity contribution in [1.29, 1.82) is 0 Å². The van der Waals surface area contributed by atoms with E-state index in [0.29, 0.717) is 23.3 Å². The lowest BCUT2D eigenvalue weighted by atomic mass is 9.90. The molecule has 0 bridgehead atoms. The summed E-state index contributed by atoms with van der Waals surface area (Å²) in [4.78, 5) is 23.9. The SMILES string of the molecule is CC1(C)Oc2cc3oc(=O)ccc3cc2C[C@@H]1OC(=O)CCc1cccc(O)c1O. The van der Waals surface area contributed by atoms with E-state index in [4.69, 9.17) is 13.9 Å². The minimum atomic E-state index is -0.779. The Bertz CT molecular complexity index is 1180. The molecule has 30 heavy (non-hydrogen) atoms. The Labute approximate surface area is 172 Å². The minimum absolute atomic E-state index is 0.0549. The molecule has 3 aromatic rings. The van der Waals surface area contributed by atoms with E-state index in [1.807, 2.05) is 19.9 Å². The van der Waals surface area contributed by atoms with Crippen molar-refractivity contribution in [3.8, 4) is 17.2 Å². The van der Waals surface area contributed by atoms with E-state index in [1.54, 1.807) is 24.3 Å². The molecule has 0 aliphatic carbocycles. The van der Waals surface area contributed by atoms with Gasteiger partial charge in [-0.3, -0.25) is 4.79 Å². The number of hydrogen-bond acceptors (Lipinski definition) is 7. The number of phenols is 2. The Kier molecular flexibility index (Phi) is 4.89. The first kappa shape index (κ1) is 19.8. The molecule has 1 aromatic heterocycles. The van der Waals surface area contributed by atoms with Gasteiger partial charge in [0, 0.05) is 30.4 Å². The summed E-state index contributed by atoms with van der Waals surface area (Å²) in [6, 6.07) is 11.2. The molecule has 1 atom stereocenters. The molecule has 7 heteroatoms. The molecular weight excluding hydrogens is 388 g/mol. The summed E-state index contributed by atoms with van der Waals surface area (Å²) in [6.45, 7) is 3.67. The molecule has 4 rings (SSSR count). The van der Waals surface area contributed by atoms with Crippen LogP contribution in [0.25, 0.3) is 11.0 Å². The number of fused-ring (bicyclic) bond motifs is 2. The fraction of sp³-hybridized carbons (Fsp3) is 0.304. The van der Waals surface area contributed by atoms with Gasteiger partial charge in [-0.2, -0.15) is 0 Å². The first-order valence-electron chi connectivity index (χ1n) is 9.68. The standard InChI is InChI=1S/C23H22O7/c1-23(2)19(29-21(26)8-6-13-4-3-5-16(24)22(13)27)11-15-10-14-7-9-20(25)28-17(14)12-18(15)30-23/h3-5,7,9-10,12,19,24,27H,6,8,11H2,1-2H3/t19-/m0/s1. The van der Waals surface area contributed by atoms with Gasteiger partial charge in [-0.05, 0) is 49.6 Å². The number of aromatic hydroxyl groups is 2. The highest BCUT2D eigenvalue weighted by Gasteiger charge is 2.40. The highest BCUT2D eigenvalue weighted by Crippen LogP contribution is 2.37. The summed E-state index contributed by atoms with van der Waals surface area (Å²) in [5.74, 6) is -0.269. The van der Waals surface area contributed by atoms with Crippen LogP contribution in [0.15, 0.2) is 51.7 Å². The van der Waals surface area contributed by atoms with Gasteiger partial charge >= 0.3 is 11.6 Å². The predicted molar refractivity (Wildman–Crippen MR) is 109 cm³/mol. The van der Waals surface area contributed by atoms with Crippen molar-refractivity contribution in [3.05, 3.63) is 64.0 Å². The normalized spacial score (nSPS) is 17.2. The number of carbonyl (C=O) groups excluding carboxylic acids is 1. The van der Waals surface area contributed by atoms with Crippen molar-refractivity contribution >= 4 is 16.9 Å². The van der Waals surface area contributed by atoms with Crippen molar-refractivity contribution in [2.24, 2.45) is 0 Å². The second kappa shape index (κ2) is 7.40. The van der Waals surface area contributed by atoms with Crippen molar-refractivity contribution in [2.45, 2.75) is 44.8 Å². The van der Waals surface area contributed by atoms with Crippen LogP contribution >= 0.6 is 0 Å². The summed E-state index contributed by atoms with van der Waals surface area (Å²) in [5, 5.41) is 20.2. The number of carbonyl (C=O) groups is 1. The lowest BCUT2D eigenvalue weighted by Gasteiger charge is -2.39. The van der Waals surface area contributed by atoms with E-state index in [0.717, 1.165) is 10.9 Å². The molecule has 0 saturated carbocycles. The van der Waals surface area contributed by atoms with Crippen LogP contribution in [0.3, 0.4) is 0 Å². The second-order valence-corrected chi connectivity index (χ2v) is 7.93. The van der Waals surface area contributed by atoms with Gasteiger partial charge in [0.05, 0.1) is 0 Å². The Hall–Kier alpha value is -3.48. The van der Waals surface area contributed by atoms with E-state index in [-0.39, 0.29) is 24.3 Å². The van der Waals surface area contributed by atoms with Gasteiger partial charge in [0.2, 0.25) is 0 Å². The van der Waals surface area contributed by atoms with E-state index in [2.05, 4.69) is 0 Å². The summed E-state index contributed by atoms with van der Waals surface area (Å²) < 4.78 is 17.0. The van der Waals surface area contributed by atoms with Gasteiger partial charge in [0.1, 0.15) is 23.0 Å². The van der Waals surface area contributed by atoms with Gasteiger partial charge in [-0.25, -0.2) is 4.79 Å². The predicted octanol–water partition coefficient (Wildman–Crippen LogP) is 3.46. The Morgan fingerprint density at radius 2 is 2.00 bits per heavy atom. The van der Waals surface area contributed by atoms with Gasteiger partial charge in [-0.15, -0.1) is 0 Å². The first-order chi connectivity index (χ1) is 14.2. The molecule has 0 saturated heterocycles. The monoisotopic (exact) mass is 410 g/mol. The van der Waals surface area contributed by atoms with Crippen LogP contribution in [0, 0.1) is 0 Å². The maximum atomic E-state index is 12.5. The Morgan fingerprint density at radius 3 is 2.80 bits per heavy atom. The van der Waals surface area contributed by atoms with Crippen LogP contribution in [0.1, 0.15) is 31.4 Å². The third-order valence-electron chi connectivity index (χ3n) is 5.33. The van der Waals surface area contributed by atoms with Crippen molar-refractivity contribution in [3.63, 3.8) is 0 Å². The quantitative estimate of drug-likeness (QED) is 0.385. The van der Waals surface area contributed by atoms with Crippen LogP contribution in [-0.2, 0) is 22.4 Å². The van der Waals surface area contributed by atoms with Crippen LogP contribution < -0.4 is 10.4 Å². The Balaban J connectivity index is 1.49. The maximum Gasteiger partial charge on any atom is 0.336 e. The van der Waals surface area contributed by atoms with E-state index in [9.17, 15) is 19.8 Å². The highest BCUT2D eigenvalue weighted by molar-refractivity contribution is 5.79. The lowest BCUT2D eigenvalue weighted by Crippen LogP contribution is -2.48. The summed E-state index contributed by atoms with van der Waals surface area (Å²) >= 11 is 0. The maximum absolute atomic E-state index is 12.5. The van der Waals surface area contributed by atoms with Crippen LogP contribution in [0.4, 0.5) is 0 Å². The smallest absolute Gasteiger partial charge is 0.336 e. The second-order valence-electron chi connectivity index (χ2n) is 7.93. The molecule has 0 radical (unpaired) electrons. The number of hydrogen-bond donors (Lipinski definition) is 2. The number of aryl methyl sites for hydroxylation is 1. The molecule has 0 spiro atoms. The fourth-order valence-corrected chi connectivity index (χ4v) is 3.61. The molecule has 2 aromatic carbocycles. The number of phenolic OH excluding ortho intramolecular Hbond substituents is 2. The third kappa shape index (κ3) is 3.83. The van der Waals surface area contributed by atoms with E-state index < -0.39 is 23.3 Å². The number of ether oxygens (including phenoxy) is 2. The molecule has 1 aliphatic rings. The summed E-state index contributed by atoms with van der Waals surface area (Å²) in [5.41, 5.74) is 0.572. The molecule has 7 nitrogen and oxygen atoms in total. The highest BCUT2D eigenvalue weighted by atomic mass is 16.6. The molecule has 2 heterocycles. The molecule has 0 amide bonds. The van der Waals surface area contributed by atoms with Gasteiger partial charge < -0.3 is 24.1 Å². The zero-order chi connectivity index (χ0) is 21.5. The van der Waals surface area contributed by atoms with Gasteiger partial charge in [-0.1, -0.05) is 12.1 Å². The van der Waals surface area contributed by atoms with Gasteiger partial charge in [0.25, 0.3) is 0 Å². The lowest BCUT2D eigenvalue weighted by molar-refractivity contribution is -0.161.